The third kappa shape index (κ3) is 4.43. The zero-order valence-corrected chi connectivity index (χ0v) is 17.9. The SMILES string of the molecule is Bc1ccc2cc(C(=O)Nc3c(C)cc(C(F)(C(F)(F)F)C(F)(F)F)cc3CC)ccc2c1. The van der Waals surface area contributed by atoms with Crippen molar-refractivity contribution in [3.63, 3.8) is 0 Å². The van der Waals surface area contributed by atoms with E-state index in [2.05, 4.69) is 5.32 Å². The van der Waals surface area contributed by atoms with Gasteiger partial charge in [-0.15, -0.1) is 0 Å². The molecule has 174 valence electrons. The molecule has 0 aliphatic heterocycles. The number of alkyl halides is 7. The maximum Gasteiger partial charge on any atom is 0.435 e. The average Bonchev–Trinajstić information content (AvgIpc) is 2.72. The van der Waals surface area contributed by atoms with Crippen LogP contribution in [-0.2, 0) is 12.1 Å². The van der Waals surface area contributed by atoms with Crippen LogP contribution in [0.5, 0.6) is 0 Å². The molecule has 3 rings (SSSR count). The molecule has 1 N–H and O–H groups in total. The number of anilines is 1. The summed E-state index contributed by atoms with van der Waals surface area (Å²) in [6.07, 6.45) is -12.5. The largest absolute Gasteiger partial charge is 0.435 e. The predicted molar refractivity (Wildman–Crippen MR) is 116 cm³/mol. The van der Waals surface area contributed by atoms with Gasteiger partial charge in [0.05, 0.1) is 0 Å². The molecule has 0 aliphatic rings. The van der Waals surface area contributed by atoms with E-state index >= 15 is 0 Å². The number of halogens is 7. The Kier molecular flexibility index (Phi) is 6.25. The van der Waals surface area contributed by atoms with E-state index in [-0.39, 0.29) is 28.8 Å². The Labute approximate surface area is 186 Å². The molecule has 0 aliphatic carbocycles. The summed E-state index contributed by atoms with van der Waals surface area (Å²) in [6, 6.07) is 11.5. The van der Waals surface area contributed by atoms with Crippen LogP contribution < -0.4 is 10.8 Å². The first-order valence-electron chi connectivity index (χ1n) is 9.97. The summed E-state index contributed by atoms with van der Waals surface area (Å²) >= 11 is 0. The van der Waals surface area contributed by atoms with Crippen LogP contribution >= 0.6 is 0 Å². The van der Waals surface area contributed by atoms with Crippen molar-refractivity contribution in [1.29, 1.82) is 0 Å². The van der Waals surface area contributed by atoms with Crippen molar-refractivity contribution >= 4 is 35.7 Å². The monoisotopic (exact) mass is 469 g/mol. The molecule has 2 nitrogen and oxygen atoms in total. The summed E-state index contributed by atoms with van der Waals surface area (Å²) < 4.78 is 93.6. The fourth-order valence-corrected chi connectivity index (χ4v) is 3.70. The highest BCUT2D eigenvalue weighted by molar-refractivity contribution is 6.33. The molecule has 0 saturated heterocycles. The van der Waals surface area contributed by atoms with Crippen LogP contribution in [-0.4, -0.2) is 26.1 Å². The average molecular weight is 469 g/mol. The van der Waals surface area contributed by atoms with Crippen molar-refractivity contribution in [1.82, 2.24) is 0 Å². The molecule has 0 spiro atoms. The molecular formula is C23H19BF7NO. The molecule has 33 heavy (non-hydrogen) atoms. The van der Waals surface area contributed by atoms with Gasteiger partial charge in [-0.05, 0) is 53.4 Å². The lowest BCUT2D eigenvalue weighted by Crippen LogP contribution is -2.50. The van der Waals surface area contributed by atoms with Gasteiger partial charge in [-0.25, -0.2) is 4.39 Å². The minimum atomic E-state index is -6.21. The second-order valence-electron chi connectivity index (χ2n) is 7.85. The van der Waals surface area contributed by atoms with Crippen LogP contribution in [0, 0.1) is 6.92 Å². The number of nitrogens with one attached hydrogen (secondary N) is 1. The Balaban J connectivity index is 2.03. The minimum absolute atomic E-state index is 0.0346. The number of carbonyl (C=O) groups is 1. The standard InChI is InChI=1S/C23H19BF7NO/c1-3-13-10-17(21(25,22(26,27)28)23(29,30)31)8-12(2)19(13)32-20(33)16-5-4-15-11-18(24)7-6-14(15)9-16/h4-11H,3,24H2,1-2H3,(H,32,33). The van der Waals surface area contributed by atoms with Gasteiger partial charge >= 0.3 is 18.0 Å². The van der Waals surface area contributed by atoms with Crippen molar-refractivity contribution < 1.29 is 35.5 Å². The van der Waals surface area contributed by atoms with Gasteiger partial charge in [-0.2, -0.15) is 26.3 Å². The molecule has 0 saturated carbocycles. The maximum atomic E-state index is 14.5. The van der Waals surface area contributed by atoms with E-state index in [4.69, 9.17) is 0 Å². The van der Waals surface area contributed by atoms with Gasteiger partial charge in [0.1, 0.15) is 7.85 Å². The van der Waals surface area contributed by atoms with Crippen molar-refractivity contribution in [2.24, 2.45) is 0 Å². The molecule has 0 aromatic heterocycles. The molecule has 0 fully saturated rings. The van der Waals surface area contributed by atoms with E-state index in [1.807, 2.05) is 26.0 Å². The lowest BCUT2D eigenvalue weighted by Gasteiger charge is -2.31. The third-order valence-electron chi connectivity index (χ3n) is 5.47. The van der Waals surface area contributed by atoms with Crippen LogP contribution in [0.1, 0.15) is 34.0 Å². The van der Waals surface area contributed by atoms with E-state index in [1.165, 1.54) is 13.8 Å². The van der Waals surface area contributed by atoms with E-state index in [1.54, 1.807) is 18.2 Å². The van der Waals surface area contributed by atoms with Crippen molar-refractivity contribution in [3.05, 3.63) is 70.8 Å². The fourth-order valence-electron chi connectivity index (χ4n) is 3.70. The highest BCUT2D eigenvalue weighted by atomic mass is 19.4. The summed E-state index contributed by atoms with van der Waals surface area (Å²) in [4.78, 5) is 12.8. The molecule has 10 heteroatoms. The van der Waals surface area contributed by atoms with Crippen LogP contribution in [0.4, 0.5) is 36.4 Å². The molecule has 3 aromatic carbocycles. The number of aryl methyl sites for hydroxylation is 2. The lowest BCUT2D eigenvalue weighted by molar-refractivity contribution is -0.348. The highest BCUT2D eigenvalue weighted by Crippen LogP contribution is 2.53. The van der Waals surface area contributed by atoms with E-state index < -0.39 is 29.5 Å². The summed E-state index contributed by atoms with van der Waals surface area (Å²) in [7, 11) is 1.92. The van der Waals surface area contributed by atoms with Crippen LogP contribution in [0.2, 0.25) is 0 Å². The summed E-state index contributed by atoms with van der Waals surface area (Å²) in [5.41, 5.74) is -5.95. The number of hydrogen-bond donors (Lipinski definition) is 1. The van der Waals surface area contributed by atoms with E-state index in [9.17, 15) is 35.5 Å². The van der Waals surface area contributed by atoms with Gasteiger partial charge in [0.15, 0.2) is 0 Å². The molecular weight excluding hydrogens is 450 g/mol. The molecule has 0 heterocycles. The van der Waals surface area contributed by atoms with Crippen LogP contribution in [0.25, 0.3) is 10.8 Å². The normalized spacial score (nSPS) is 12.8. The topological polar surface area (TPSA) is 29.1 Å². The Morgan fingerprint density at radius 2 is 1.45 bits per heavy atom. The molecule has 0 bridgehead atoms. The Morgan fingerprint density at radius 1 is 0.879 bits per heavy atom. The maximum absolute atomic E-state index is 14.5. The zero-order chi connectivity index (χ0) is 24.8. The number of fused-ring (bicyclic) bond motifs is 1. The van der Waals surface area contributed by atoms with Crippen molar-refractivity contribution in [2.75, 3.05) is 5.32 Å². The Morgan fingerprint density at radius 3 is 2.03 bits per heavy atom. The number of amides is 1. The summed E-state index contributed by atoms with van der Waals surface area (Å²) in [6.45, 7) is 2.70. The molecule has 0 radical (unpaired) electrons. The predicted octanol–water partition coefficient (Wildman–Crippen LogP) is 5.51. The first-order chi connectivity index (χ1) is 15.2. The first kappa shape index (κ1) is 24.6. The summed E-state index contributed by atoms with van der Waals surface area (Å²) in [5, 5.41) is 4.24. The Bertz CT molecular complexity index is 1200. The number of benzene rings is 3. The minimum Gasteiger partial charge on any atom is -0.321 e. The fraction of sp³-hybridized carbons (Fsp3) is 0.261. The van der Waals surface area contributed by atoms with E-state index in [0.717, 1.165) is 16.2 Å². The van der Waals surface area contributed by atoms with Crippen molar-refractivity contribution in [3.8, 4) is 0 Å². The summed E-state index contributed by atoms with van der Waals surface area (Å²) in [5.74, 6) is -0.596. The second kappa shape index (κ2) is 8.39. The van der Waals surface area contributed by atoms with Crippen LogP contribution in [0.3, 0.4) is 0 Å². The van der Waals surface area contributed by atoms with Gasteiger partial charge < -0.3 is 5.32 Å². The quantitative estimate of drug-likeness (QED) is 0.397. The molecule has 1 amide bonds. The van der Waals surface area contributed by atoms with Crippen LogP contribution in [0.15, 0.2) is 48.5 Å². The van der Waals surface area contributed by atoms with Crippen molar-refractivity contribution in [2.45, 2.75) is 38.3 Å². The second-order valence-corrected chi connectivity index (χ2v) is 7.85. The number of hydrogen-bond acceptors (Lipinski definition) is 1. The molecule has 0 atom stereocenters. The third-order valence-corrected chi connectivity index (χ3v) is 5.47. The lowest BCUT2D eigenvalue weighted by atomic mass is 9.89. The first-order valence-corrected chi connectivity index (χ1v) is 9.97. The van der Waals surface area contributed by atoms with Gasteiger partial charge in [-0.3, -0.25) is 4.79 Å². The number of rotatable bonds is 4. The van der Waals surface area contributed by atoms with Gasteiger partial charge in [0, 0.05) is 16.8 Å². The molecule has 0 unspecified atom stereocenters. The highest BCUT2D eigenvalue weighted by Gasteiger charge is 2.73. The Hall–Kier alpha value is -3.04. The molecule has 3 aromatic rings. The number of carbonyl (C=O) groups excluding carboxylic acids is 1. The van der Waals surface area contributed by atoms with Gasteiger partial charge in [0.2, 0.25) is 0 Å². The van der Waals surface area contributed by atoms with Gasteiger partial charge in [0.25, 0.3) is 5.91 Å². The zero-order valence-electron chi connectivity index (χ0n) is 17.9. The smallest absolute Gasteiger partial charge is 0.321 e. The van der Waals surface area contributed by atoms with E-state index in [0.29, 0.717) is 12.1 Å². The van der Waals surface area contributed by atoms with Gasteiger partial charge in [-0.1, -0.05) is 42.7 Å².